The van der Waals surface area contributed by atoms with Crippen molar-refractivity contribution in [3.8, 4) is 0 Å². The Morgan fingerprint density at radius 2 is 1.48 bits per heavy atom. The normalized spacial score (nSPS) is 24.4. The average molecular weight is 372 g/mol. The number of esters is 2. The largest absolute Gasteiger partial charge is 0.459 e. The predicted octanol–water partition coefficient (Wildman–Crippen LogP) is 1.80. The Bertz CT molecular complexity index is 762. The fourth-order valence-corrected chi connectivity index (χ4v) is 2.82. The van der Waals surface area contributed by atoms with Gasteiger partial charge in [-0.1, -0.05) is 36.4 Å². The van der Waals surface area contributed by atoms with Crippen molar-refractivity contribution in [3.05, 3.63) is 71.8 Å². The third-order valence-corrected chi connectivity index (χ3v) is 4.20. The highest BCUT2D eigenvalue weighted by Gasteiger charge is 2.47. The molecule has 1 N–H and O–H groups in total. The Hall–Kier alpha value is -2.74. The molecule has 1 aliphatic heterocycles. The van der Waals surface area contributed by atoms with E-state index in [4.69, 9.17) is 18.9 Å². The summed E-state index contributed by atoms with van der Waals surface area (Å²) in [6.07, 6.45) is -3.98. The summed E-state index contributed by atoms with van der Waals surface area (Å²) in [4.78, 5) is 24.5. The summed E-state index contributed by atoms with van der Waals surface area (Å²) < 4.78 is 21.3. The summed E-state index contributed by atoms with van der Waals surface area (Å²) in [5.74, 6) is -1.12. The first-order valence-corrected chi connectivity index (χ1v) is 8.44. The standard InChI is InChI=1S/C20H20O7/c1-24-17-16(27-19(22)14-10-6-3-7-11-14)15(26-20(17)23)12-25-18(21)13-8-4-2-5-9-13/h2-11,15-17,20,23H,12H2,1H3/t15-,16-,17-,20+/m1/s1. The number of methoxy groups -OCH3 is 1. The molecule has 0 aliphatic carbocycles. The Balaban J connectivity index is 1.67. The van der Waals surface area contributed by atoms with E-state index in [9.17, 15) is 14.7 Å². The lowest BCUT2D eigenvalue weighted by atomic mass is 10.1. The number of benzene rings is 2. The molecule has 0 bridgehead atoms. The van der Waals surface area contributed by atoms with Gasteiger partial charge in [0.05, 0.1) is 11.1 Å². The van der Waals surface area contributed by atoms with Crippen molar-refractivity contribution in [1.82, 2.24) is 0 Å². The molecule has 1 saturated heterocycles. The monoisotopic (exact) mass is 372 g/mol. The fraction of sp³-hybridized carbons (Fsp3) is 0.300. The van der Waals surface area contributed by atoms with E-state index in [-0.39, 0.29) is 6.61 Å². The van der Waals surface area contributed by atoms with E-state index in [0.29, 0.717) is 11.1 Å². The van der Waals surface area contributed by atoms with Gasteiger partial charge in [0.2, 0.25) is 0 Å². The molecule has 142 valence electrons. The van der Waals surface area contributed by atoms with Gasteiger partial charge in [0, 0.05) is 7.11 Å². The van der Waals surface area contributed by atoms with Crippen molar-refractivity contribution < 1.29 is 33.6 Å². The number of hydrogen-bond acceptors (Lipinski definition) is 7. The van der Waals surface area contributed by atoms with E-state index < -0.39 is 36.5 Å². The number of aliphatic hydroxyl groups excluding tert-OH is 1. The van der Waals surface area contributed by atoms with Crippen LogP contribution in [0.1, 0.15) is 20.7 Å². The minimum absolute atomic E-state index is 0.197. The third kappa shape index (κ3) is 4.51. The first-order valence-electron chi connectivity index (χ1n) is 8.44. The summed E-state index contributed by atoms with van der Waals surface area (Å²) in [6.45, 7) is -0.197. The molecule has 0 amide bonds. The van der Waals surface area contributed by atoms with Gasteiger partial charge in [0.15, 0.2) is 12.4 Å². The molecule has 27 heavy (non-hydrogen) atoms. The first-order chi connectivity index (χ1) is 13.1. The van der Waals surface area contributed by atoms with E-state index >= 15 is 0 Å². The molecule has 1 aliphatic rings. The van der Waals surface area contributed by atoms with Gasteiger partial charge in [-0.05, 0) is 24.3 Å². The zero-order valence-corrected chi connectivity index (χ0v) is 14.7. The van der Waals surface area contributed by atoms with Crippen LogP contribution < -0.4 is 0 Å². The van der Waals surface area contributed by atoms with Crippen molar-refractivity contribution in [2.45, 2.75) is 24.6 Å². The van der Waals surface area contributed by atoms with Crippen molar-refractivity contribution in [2.75, 3.05) is 13.7 Å². The molecule has 3 rings (SSSR count). The molecule has 4 atom stereocenters. The second-order valence-corrected chi connectivity index (χ2v) is 5.97. The summed E-state index contributed by atoms with van der Waals surface area (Å²) in [5, 5.41) is 10.0. The molecule has 0 radical (unpaired) electrons. The number of rotatable bonds is 6. The van der Waals surface area contributed by atoms with E-state index in [1.807, 2.05) is 0 Å². The van der Waals surface area contributed by atoms with E-state index in [1.54, 1.807) is 60.7 Å². The zero-order chi connectivity index (χ0) is 19.2. The van der Waals surface area contributed by atoms with Gasteiger partial charge in [-0.3, -0.25) is 0 Å². The molecular formula is C20H20O7. The minimum atomic E-state index is -1.30. The highest BCUT2D eigenvalue weighted by atomic mass is 16.7. The maximum absolute atomic E-state index is 12.4. The summed E-state index contributed by atoms with van der Waals surface area (Å²) >= 11 is 0. The first kappa shape index (κ1) is 19.0. The molecule has 0 spiro atoms. The molecule has 1 heterocycles. The fourth-order valence-electron chi connectivity index (χ4n) is 2.82. The van der Waals surface area contributed by atoms with Crippen LogP contribution in [0.25, 0.3) is 0 Å². The van der Waals surface area contributed by atoms with Gasteiger partial charge in [-0.25, -0.2) is 9.59 Å². The number of aliphatic hydroxyl groups is 1. The summed E-state index contributed by atoms with van der Waals surface area (Å²) in [7, 11) is 1.37. The molecule has 2 aromatic carbocycles. The van der Waals surface area contributed by atoms with Gasteiger partial charge < -0.3 is 24.1 Å². The quantitative estimate of drug-likeness (QED) is 0.773. The van der Waals surface area contributed by atoms with Crippen LogP contribution in [0.3, 0.4) is 0 Å². The molecule has 0 unspecified atom stereocenters. The Morgan fingerprint density at radius 3 is 2.04 bits per heavy atom. The van der Waals surface area contributed by atoms with Crippen LogP contribution in [0.15, 0.2) is 60.7 Å². The topological polar surface area (TPSA) is 91.3 Å². The highest BCUT2D eigenvalue weighted by molar-refractivity contribution is 5.90. The molecule has 0 saturated carbocycles. The number of ether oxygens (including phenoxy) is 4. The second-order valence-electron chi connectivity index (χ2n) is 5.97. The van der Waals surface area contributed by atoms with Crippen LogP contribution in [-0.4, -0.2) is 55.4 Å². The van der Waals surface area contributed by atoms with Crippen LogP contribution in [0.5, 0.6) is 0 Å². The van der Waals surface area contributed by atoms with Gasteiger partial charge in [0.25, 0.3) is 0 Å². The maximum atomic E-state index is 12.4. The molecule has 7 heteroatoms. The number of hydrogen-bond donors (Lipinski definition) is 1. The molecule has 0 aromatic heterocycles. The van der Waals surface area contributed by atoms with Crippen molar-refractivity contribution >= 4 is 11.9 Å². The molecule has 7 nitrogen and oxygen atoms in total. The van der Waals surface area contributed by atoms with E-state index in [2.05, 4.69) is 0 Å². The van der Waals surface area contributed by atoms with Crippen LogP contribution in [-0.2, 0) is 18.9 Å². The Kier molecular flexibility index (Phi) is 6.18. The third-order valence-electron chi connectivity index (χ3n) is 4.20. The van der Waals surface area contributed by atoms with Crippen molar-refractivity contribution in [2.24, 2.45) is 0 Å². The van der Waals surface area contributed by atoms with Crippen LogP contribution in [0.2, 0.25) is 0 Å². The van der Waals surface area contributed by atoms with Crippen LogP contribution in [0, 0.1) is 0 Å². The van der Waals surface area contributed by atoms with Crippen molar-refractivity contribution in [1.29, 1.82) is 0 Å². The lowest BCUT2D eigenvalue weighted by molar-refractivity contribution is -0.140. The van der Waals surface area contributed by atoms with Gasteiger partial charge in [-0.15, -0.1) is 0 Å². The summed E-state index contributed by atoms with van der Waals surface area (Å²) in [5.41, 5.74) is 0.742. The maximum Gasteiger partial charge on any atom is 0.338 e. The highest BCUT2D eigenvalue weighted by Crippen LogP contribution is 2.26. The van der Waals surface area contributed by atoms with Gasteiger partial charge >= 0.3 is 11.9 Å². The van der Waals surface area contributed by atoms with E-state index in [0.717, 1.165) is 0 Å². The Morgan fingerprint density at radius 1 is 0.926 bits per heavy atom. The van der Waals surface area contributed by atoms with Crippen molar-refractivity contribution in [3.63, 3.8) is 0 Å². The summed E-state index contributed by atoms with van der Waals surface area (Å²) in [6, 6.07) is 16.9. The SMILES string of the molecule is CO[C@@H]1[C@H](OC(=O)c2ccccc2)[C@@H](COC(=O)c2ccccc2)O[C@@H]1O. The second kappa shape index (κ2) is 8.77. The number of carbonyl (C=O) groups is 2. The lowest BCUT2D eigenvalue weighted by Gasteiger charge is -2.22. The predicted molar refractivity (Wildman–Crippen MR) is 94.0 cm³/mol. The lowest BCUT2D eigenvalue weighted by Crippen LogP contribution is -2.40. The van der Waals surface area contributed by atoms with Crippen LogP contribution >= 0.6 is 0 Å². The zero-order valence-electron chi connectivity index (χ0n) is 14.7. The molecule has 2 aromatic rings. The van der Waals surface area contributed by atoms with Gasteiger partial charge in [0.1, 0.15) is 18.8 Å². The smallest absolute Gasteiger partial charge is 0.338 e. The molecule has 1 fully saturated rings. The average Bonchev–Trinajstić information content (AvgIpc) is 3.01. The Labute approximate surface area is 156 Å². The minimum Gasteiger partial charge on any atom is -0.459 e. The number of carbonyl (C=O) groups excluding carboxylic acids is 2. The van der Waals surface area contributed by atoms with E-state index in [1.165, 1.54) is 7.11 Å². The molecular weight excluding hydrogens is 352 g/mol. The van der Waals surface area contributed by atoms with Crippen LogP contribution in [0.4, 0.5) is 0 Å². The van der Waals surface area contributed by atoms with Gasteiger partial charge in [-0.2, -0.15) is 0 Å².